The molecule has 0 amide bonds. The Morgan fingerprint density at radius 2 is 0.847 bits per heavy atom. The highest BCUT2D eigenvalue weighted by molar-refractivity contribution is 6.29. The molecule has 12 rings (SSSR count). The molecule has 0 radical (unpaired) electrons. The van der Waals surface area contributed by atoms with Crippen LogP contribution in [-0.4, -0.2) is 9.55 Å². The van der Waals surface area contributed by atoms with Crippen molar-refractivity contribution in [2.75, 3.05) is 0 Å². The van der Waals surface area contributed by atoms with Gasteiger partial charge in [-0.2, -0.15) is 0 Å². The van der Waals surface area contributed by atoms with Gasteiger partial charge in [0, 0.05) is 27.6 Å². The number of benzene rings is 10. The molecule has 274 valence electrons. The maximum atomic E-state index is 5.21. The molecule has 2 heteroatoms. The molecule has 12 aromatic rings. The zero-order valence-corrected chi connectivity index (χ0v) is 32.2. The van der Waals surface area contributed by atoms with Crippen LogP contribution in [0.4, 0.5) is 0 Å². The first-order valence-corrected chi connectivity index (χ1v) is 20.3. The third kappa shape index (κ3) is 5.45. The van der Waals surface area contributed by atoms with Gasteiger partial charge in [-0.1, -0.05) is 170 Å². The minimum Gasteiger partial charge on any atom is -0.309 e. The highest BCUT2D eigenvalue weighted by atomic mass is 15.0. The number of hydrogen-bond donors (Lipinski definition) is 0. The fraction of sp³-hybridized carbons (Fsp3) is 0. The molecule has 0 aliphatic carbocycles. The van der Waals surface area contributed by atoms with Crippen LogP contribution in [0, 0.1) is 0 Å². The summed E-state index contributed by atoms with van der Waals surface area (Å²) in [6, 6.07) is 79.4. The molecule has 2 heterocycles. The predicted octanol–water partition coefficient (Wildman–Crippen LogP) is 15.5. The lowest BCUT2D eigenvalue weighted by Gasteiger charge is -2.17. The van der Waals surface area contributed by atoms with Crippen molar-refractivity contribution < 1.29 is 0 Å². The second kappa shape index (κ2) is 13.4. The number of para-hydroxylation sites is 1. The molecule has 0 aliphatic rings. The summed E-state index contributed by atoms with van der Waals surface area (Å²) >= 11 is 0. The van der Waals surface area contributed by atoms with Crippen molar-refractivity contribution in [3.63, 3.8) is 0 Å². The summed E-state index contributed by atoms with van der Waals surface area (Å²) in [7, 11) is 0. The van der Waals surface area contributed by atoms with E-state index in [-0.39, 0.29) is 0 Å². The van der Waals surface area contributed by atoms with Gasteiger partial charge < -0.3 is 4.57 Å². The summed E-state index contributed by atoms with van der Waals surface area (Å²) < 4.78 is 2.41. The van der Waals surface area contributed by atoms with E-state index in [4.69, 9.17) is 4.98 Å². The lowest BCUT2D eigenvalue weighted by Crippen LogP contribution is -1.93. The normalized spacial score (nSPS) is 11.7. The number of pyridine rings is 1. The standard InChI is InChI=1S/C57H36N2/c1-3-15-38(16-4-1)53-35-43(36-54(58-53)39-17-5-2-6-18-39)45-23-13-24-49-46-20-9-10-21-47(46)51-33-41(27-30-50(51)57(45)49)42-28-31-56-52(34-42)48-22-11-12-25-55(48)59(56)44-29-26-37-14-7-8-19-40(37)32-44/h1-36H. The first kappa shape index (κ1) is 33.3. The van der Waals surface area contributed by atoms with Crippen molar-refractivity contribution in [1.29, 1.82) is 0 Å². The third-order valence-corrected chi connectivity index (χ3v) is 12.1. The molecule has 0 bridgehead atoms. The molecule has 0 fully saturated rings. The van der Waals surface area contributed by atoms with Gasteiger partial charge in [0.25, 0.3) is 0 Å². The van der Waals surface area contributed by atoms with Crippen LogP contribution < -0.4 is 0 Å². The van der Waals surface area contributed by atoms with Crippen LogP contribution in [0.1, 0.15) is 0 Å². The molecule has 0 N–H and O–H groups in total. The summed E-state index contributed by atoms with van der Waals surface area (Å²) in [4.78, 5) is 5.21. The zero-order chi connectivity index (χ0) is 38.9. The molecule has 0 aliphatic heterocycles. The molecule has 0 saturated heterocycles. The lowest BCUT2D eigenvalue weighted by atomic mass is 9.87. The maximum Gasteiger partial charge on any atom is 0.0715 e. The summed E-state index contributed by atoms with van der Waals surface area (Å²) in [5.74, 6) is 0. The van der Waals surface area contributed by atoms with Crippen LogP contribution >= 0.6 is 0 Å². The van der Waals surface area contributed by atoms with Crippen molar-refractivity contribution in [2.45, 2.75) is 0 Å². The molecule has 2 nitrogen and oxygen atoms in total. The monoisotopic (exact) mass is 748 g/mol. The Morgan fingerprint density at radius 3 is 1.59 bits per heavy atom. The number of fused-ring (bicyclic) bond motifs is 10. The lowest BCUT2D eigenvalue weighted by molar-refractivity contribution is 1.19. The Kier molecular flexibility index (Phi) is 7.57. The molecule has 0 spiro atoms. The average Bonchev–Trinajstić information content (AvgIpc) is 3.65. The zero-order valence-electron chi connectivity index (χ0n) is 32.2. The van der Waals surface area contributed by atoms with E-state index in [1.807, 2.05) is 0 Å². The van der Waals surface area contributed by atoms with Gasteiger partial charge in [0.15, 0.2) is 0 Å². The van der Waals surface area contributed by atoms with Crippen LogP contribution in [0.3, 0.4) is 0 Å². The van der Waals surface area contributed by atoms with Crippen molar-refractivity contribution in [2.24, 2.45) is 0 Å². The van der Waals surface area contributed by atoms with E-state index in [1.165, 1.54) is 87.3 Å². The van der Waals surface area contributed by atoms with E-state index in [1.54, 1.807) is 0 Å². The fourth-order valence-corrected chi connectivity index (χ4v) is 9.37. The number of hydrogen-bond acceptors (Lipinski definition) is 1. The minimum absolute atomic E-state index is 0.962. The second-order valence-electron chi connectivity index (χ2n) is 15.5. The van der Waals surface area contributed by atoms with Gasteiger partial charge in [0.1, 0.15) is 0 Å². The molecular weight excluding hydrogens is 713 g/mol. The highest BCUT2D eigenvalue weighted by Crippen LogP contribution is 2.43. The fourth-order valence-electron chi connectivity index (χ4n) is 9.37. The molecule has 0 saturated carbocycles. The van der Waals surface area contributed by atoms with E-state index >= 15 is 0 Å². The third-order valence-electron chi connectivity index (χ3n) is 12.1. The van der Waals surface area contributed by atoms with E-state index in [0.29, 0.717) is 0 Å². The molecule has 0 unspecified atom stereocenters. The molecule has 0 atom stereocenters. The predicted molar refractivity (Wildman–Crippen MR) is 250 cm³/mol. The quantitative estimate of drug-likeness (QED) is 0.160. The first-order chi connectivity index (χ1) is 29.2. The van der Waals surface area contributed by atoms with E-state index in [9.17, 15) is 0 Å². The van der Waals surface area contributed by atoms with Gasteiger partial charge in [0.05, 0.1) is 22.4 Å². The summed E-state index contributed by atoms with van der Waals surface area (Å²) in [6.07, 6.45) is 0. The Hall–Kier alpha value is -7.81. The van der Waals surface area contributed by atoms with Gasteiger partial charge in [-0.25, -0.2) is 4.98 Å². The van der Waals surface area contributed by atoms with E-state index < -0.39 is 0 Å². The Labute approximate surface area is 341 Å². The van der Waals surface area contributed by atoms with E-state index in [2.05, 4.69) is 223 Å². The largest absolute Gasteiger partial charge is 0.309 e. The Balaban J connectivity index is 1.07. The molecule has 2 aromatic heterocycles. The van der Waals surface area contributed by atoms with Gasteiger partial charge >= 0.3 is 0 Å². The smallest absolute Gasteiger partial charge is 0.0715 e. The van der Waals surface area contributed by atoms with Crippen LogP contribution in [0.25, 0.3) is 115 Å². The number of rotatable bonds is 5. The summed E-state index contributed by atoms with van der Waals surface area (Å²) in [6.45, 7) is 0. The Morgan fingerprint density at radius 1 is 0.288 bits per heavy atom. The van der Waals surface area contributed by atoms with Crippen LogP contribution in [0.5, 0.6) is 0 Å². The van der Waals surface area contributed by atoms with Crippen LogP contribution in [0.15, 0.2) is 218 Å². The Bertz CT molecular complexity index is 3540. The summed E-state index contributed by atoms with van der Waals surface area (Å²) in [5, 5.41) is 12.5. The maximum absolute atomic E-state index is 5.21. The van der Waals surface area contributed by atoms with Crippen LogP contribution in [-0.2, 0) is 0 Å². The first-order valence-electron chi connectivity index (χ1n) is 20.3. The topological polar surface area (TPSA) is 17.8 Å². The molecular formula is C57H36N2. The minimum atomic E-state index is 0.962. The number of aromatic nitrogens is 2. The van der Waals surface area contributed by atoms with Crippen molar-refractivity contribution in [1.82, 2.24) is 9.55 Å². The van der Waals surface area contributed by atoms with Gasteiger partial charge in [-0.05, 0) is 114 Å². The van der Waals surface area contributed by atoms with Crippen LogP contribution in [0.2, 0.25) is 0 Å². The van der Waals surface area contributed by atoms with Crippen molar-refractivity contribution in [3.05, 3.63) is 218 Å². The molecule has 10 aromatic carbocycles. The highest BCUT2D eigenvalue weighted by Gasteiger charge is 2.18. The SMILES string of the molecule is c1ccc(-c2cc(-c3cccc4c5ccccc5c5cc(-c6ccc7c(c6)c6ccccc6n7-c6ccc7ccccc7c6)ccc5c34)cc(-c3ccccc3)n2)cc1. The summed E-state index contributed by atoms with van der Waals surface area (Å²) in [5.41, 5.74) is 12.5. The van der Waals surface area contributed by atoms with Crippen molar-refractivity contribution >= 4 is 64.9 Å². The van der Waals surface area contributed by atoms with Gasteiger partial charge in [-0.15, -0.1) is 0 Å². The second-order valence-corrected chi connectivity index (χ2v) is 15.5. The van der Waals surface area contributed by atoms with Gasteiger partial charge in [-0.3, -0.25) is 0 Å². The number of nitrogens with zero attached hydrogens (tertiary/aromatic N) is 2. The van der Waals surface area contributed by atoms with E-state index in [0.717, 1.165) is 28.1 Å². The van der Waals surface area contributed by atoms with Crippen molar-refractivity contribution in [3.8, 4) is 50.5 Å². The molecule has 59 heavy (non-hydrogen) atoms. The van der Waals surface area contributed by atoms with Gasteiger partial charge in [0.2, 0.25) is 0 Å². The average molecular weight is 749 g/mol.